The number of methoxy groups -OCH3 is 1. The van der Waals surface area contributed by atoms with E-state index in [1.807, 2.05) is 59.3 Å². The number of carbonyl (C=O) groups is 1. The van der Waals surface area contributed by atoms with Crippen molar-refractivity contribution in [3.8, 4) is 11.3 Å². The fourth-order valence-corrected chi connectivity index (χ4v) is 2.17. The fraction of sp³-hybridized carbons (Fsp3) is 0.0588. The number of imidazole rings is 1. The summed E-state index contributed by atoms with van der Waals surface area (Å²) in [6.45, 7) is 0. The highest BCUT2D eigenvalue weighted by Gasteiger charge is 2.07. The van der Waals surface area contributed by atoms with E-state index in [1.165, 1.54) is 13.2 Å². The van der Waals surface area contributed by atoms with Crippen LogP contribution >= 0.6 is 0 Å². The third-order valence-corrected chi connectivity index (χ3v) is 3.20. The van der Waals surface area contributed by atoms with Gasteiger partial charge >= 0.3 is 5.97 Å². The molecule has 3 aromatic rings. The predicted molar refractivity (Wildman–Crippen MR) is 81.7 cm³/mol. The Labute approximate surface area is 122 Å². The number of hydrogen-bond donors (Lipinski definition) is 0. The molecule has 0 spiro atoms. The maximum absolute atomic E-state index is 11.2. The summed E-state index contributed by atoms with van der Waals surface area (Å²) < 4.78 is 6.59. The van der Waals surface area contributed by atoms with Gasteiger partial charge < -0.3 is 9.14 Å². The molecule has 0 radical (unpaired) electrons. The standard InChI is InChI=1S/C17H14N2O2/c1-21-17(20)10-9-13-6-2-3-7-14(13)15-12-19-11-5-4-8-16(19)18-15/h2-12H,1H3/b10-9+. The summed E-state index contributed by atoms with van der Waals surface area (Å²) in [4.78, 5) is 15.8. The average molecular weight is 278 g/mol. The number of aromatic nitrogens is 2. The molecule has 1 aromatic carbocycles. The third kappa shape index (κ3) is 2.69. The molecule has 2 aromatic heterocycles. The zero-order chi connectivity index (χ0) is 14.7. The van der Waals surface area contributed by atoms with Crippen LogP contribution in [0.5, 0.6) is 0 Å². The molecule has 104 valence electrons. The Hall–Kier alpha value is -2.88. The first kappa shape index (κ1) is 13.1. The molecule has 21 heavy (non-hydrogen) atoms. The van der Waals surface area contributed by atoms with Gasteiger partial charge in [-0.3, -0.25) is 0 Å². The zero-order valence-corrected chi connectivity index (χ0v) is 11.6. The summed E-state index contributed by atoms with van der Waals surface area (Å²) in [5.41, 5.74) is 3.65. The number of esters is 1. The topological polar surface area (TPSA) is 43.6 Å². The van der Waals surface area contributed by atoms with Crippen molar-refractivity contribution in [3.05, 3.63) is 66.5 Å². The number of fused-ring (bicyclic) bond motifs is 1. The number of hydrogen-bond acceptors (Lipinski definition) is 3. The van der Waals surface area contributed by atoms with Crippen LogP contribution < -0.4 is 0 Å². The van der Waals surface area contributed by atoms with Crippen LogP contribution in [-0.2, 0) is 9.53 Å². The second-order valence-corrected chi connectivity index (χ2v) is 4.54. The van der Waals surface area contributed by atoms with Crippen LogP contribution in [-0.4, -0.2) is 22.5 Å². The van der Waals surface area contributed by atoms with Crippen LogP contribution in [0.15, 0.2) is 60.9 Å². The Balaban J connectivity index is 2.05. The average Bonchev–Trinajstić information content (AvgIpc) is 2.96. The minimum absolute atomic E-state index is 0.375. The maximum atomic E-state index is 11.2. The van der Waals surface area contributed by atoms with E-state index in [2.05, 4.69) is 9.72 Å². The quantitative estimate of drug-likeness (QED) is 0.546. The SMILES string of the molecule is COC(=O)/C=C/c1ccccc1-c1cn2ccccc2n1. The van der Waals surface area contributed by atoms with Crippen molar-refractivity contribution >= 4 is 17.7 Å². The lowest BCUT2D eigenvalue weighted by Crippen LogP contribution is -1.93. The van der Waals surface area contributed by atoms with Crippen molar-refractivity contribution in [1.29, 1.82) is 0 Å². The molecule has 0 atom stereocenters. The molecule has 0 aliphatic rings. The molecule has 4 heteroatoms. The molecular formula is C17H14N2O2. The molecule has 2 heterocycles. The highest BCUT2D eigenvalue weighted by molar-refractivity contribution is 5.88. The van der Waals surface area contributed by atoms with Crippen molar-refractivity contribution in [1.82, 2.24) is 9.38 Å². The van der Waals surface area contributed by atoms with Gasteiger partial charge in [-0.25, -0.2) is 9.78 Å². The normalized spacial score (nSPS) is 11.1. The van der Waals surface area contributed by atoms with E-state index in [0.29, 0.717) is 0 Å². The second kappa shape index (κ2) is 5.63. The molecule has 0 saturated carbocycles. The first-order chi connectivity index (χ1) is 10.3. The first-order valence-corrected chi connectivity index (χ1v) is 6.57. The van der Waals surface area contributed by atoms with Gasteiger partial charge in [-0.05, 0) is 23.8 Å². The lowest BCUT2D eigenvalue weighted by Gasteiger charge is -2.02. The van der Waals surface area contributed by atoms with Crippen LogP contribution in [0.3, 0.4) is 0 Å². The van der Waals surface area contributed by atoms with Crippen molar-refractivity contribution in [2.24, 2.45) is 0 Å². The summed E-state index contributed by atoms with van der Waals surface area (Å²) in [6.07, 6.45) is 7.08. The van der Waals surface area contributed by atoms with Gasteiger partial charge in [0.15, 0.2) is 0 Å². The maximum Gasteiger partial charge on any atom is 0.330 e. The number of nitrogens with zero attached hydrogens (tertiary/aromatic N) is 2. The van der Waals surface area contributed by atoms with Crippen molar-refractivity contribution < 1.29 is 9.53 Å². The van der Waals surface area contributed by atoms with Gasteiger partial charge in [0.1, 0.15) is 5.65 Å². The molecule has 0 saturated heterocycles. The zero-order valence-electron chi connectivity index (χ0n) is 11.6. The van der Waals surface area contributed by atoms with Crippen molar-refractivity contribution in [2.45, 2.75) is 0 Å². The van der Waals surface area contributed by atoms with Crippen LogP contribution in [0.1, 0.15) is 5.56 Å². The second-order valence-electron chi connectivity index (χ2n) is 4.54. The van der Waals surface area contributed by atoms with Crippen LogP contribution in [0, 0.1) is 0 Å². The van der Waals surface area contributed by atoms with E-state index >= 15 is 0 Å². The van der Waals surface area contributed by atoms with Gasteiger partial charge in [-0.2, -0.15) is 0 Å². The minimum Gasteiger partial charge on any atom is -0.466 e. The first-order valence-electron chi connectivity index (χ1n) is 6.57. The Morgan fingerprint density at radius 2 is 2.00 bits per heavy atom. The third-order valence-electron chi connectivity index (χ3n) is 3.20. The number of ether oxygens (including phenoxy) is 1. The molecule has 0 aliphatic carbocycles. The van der Waals surface area contributed by atoms with E-state index in [1.54, 1.807) is 6.08 Å². The summed E-state index contributed by atoms with van der Waals surface area (Å²) in [5, 5.41) is 0. The van der Waals surface area contributed by atoms with Gasteiger partial charge in [0.05, 0.1) is 12.8 Å². The number of pyridine rings is 1. The van der Waals surface area contributed by atoms with E-state index in [-0.39, 0.29) is 5.97 Å². The summed E-state index contributed by atoms with van der Waals surface area (Å²) in [5.74, 6) is -0.375. The van der Waals surface area contributed by atoms with E-state index in [0.717, 1.165) is 22.5 Å². The Bertz CT molecular complexity index is 785. The van der Waals surface area contributed by atoms with Gasteiger partial charge in [0.2, 0.25) is 0 Å². The van der Waals surface area contributed by atoms with Gasteiger partial charge in [0, 0.05) is 24.0 Å². The van der Waals surface area contributed by atoms with Crippen LogP contribution in [0.4, 0.5) is 0 Å². The fourth-order valence-electron chi connectivity index (χ4n) is 2.17. The summed E-state index contributed by atoms with van der Waals surface area (Å²) in [6, 6.07) is 13.7. The molecule has 3 rings (SSSR count). The molecule has 0 unspecified atom stereocenters. The summed E-state index contributed by atoms with van der Waals surface area (Å²) in [7, 11) is 1.36. The van der Waals surface area contributed by atoms with E-state index in [9.17, 15) is 4.79 Å². The lowest BCUT2D eigenvalue weighted by molar-refractivity contribution is -0.134. The molecule has 0 aliphatic heterocycles. The van der Waals surface area contributed by atoms with E-state index < -0.39 is 0 Å². The number of rotatable bonds is 3. The monoisotopic (exact) mass is 278 g/mol. The van der Waals surface area contributed by atoms with Gasteiger partial charge in [-0.1, -0.05) is 30.3 Å². The molecule has 0 amide bonds. The van der Waals surface area contributed by atoms with Gasteiger partial charge in [0.25, 0.3) is 0 Å². The highest BCUT2D eigenvalue weighted by Crippen LogP contribution is 2.24. The minimum atomic E-state index is -0.375. The smallest absolute Gasteiger partial charge is 0.330 e. The number of benzene rings is 1. The Kier molecular flexibility index (Phi) is 3.51. The Morgan fingerprint density at radius 3 is 2.81 bits per heavy atom. The van der Waals surface area contributed by atoms with E-state index in [4.69, 9.17) is 0 Å². The largest absolute Gasteiger partial charge is 0.466 e. The highest BCUT2D eigenvalue weighted by atomic mass is 16.5. The van der Waals surface area contributed by atoms with Crippen molar-refractivity contribution in [2.75, 3.05) is 7.11 Å². The van der Waals surface area contributed by atoms with Gasteiger partial charge in [-0.15, -0.1) is 0 Å². The van der Waals surface area contributed by atoms with Crippen molar-refractivity contribution in [3.63, 3.8) is 0 Å². The number of carbonyl (C=O) groups excluding carboxylic acids is 1. The molecule has 0 fully saturated rings. The molecule has 4 nitrogen and oxygen atoms in total. The molecule has 0 bridgehead atoms. The molecule has 0 N–H and O–H groups in total. The predicted octanol–water partition coefficient (Wildman–Crippen LogP) is 3.19. The summed E-state index contributed by atoms with van der Waals surface area (Å²) >= 11 is 0. The lowest BCUT2D eigenvalue weighted by atomic mass is 10.0. The molecular weight excluding hydrogens is 264 g/mol. The van der Waals surface area contributed by atoms with Crippen LogP contribution in [0.2, 0.25) is 0 Å². The van der Waals surface area contributed by atoms with Crippen LogP contribution in [0.25, 0.3) is 23.0 Å². The Morgan fingerprint density at radius 1 is 1.19 bits per heavy atom.